The molecule has 3 rings (SSSR count). The highest BCUT2D eigenvalue weighted by molar-refractivity contribution is 6.01. The lowest BCUT2D eigenvalue weighted by atomic mass is 10.0. The Morgan fingerprint density at radius 2 is 2.00 bits per heavy atom. The van der Waals surface area contributed by atoms with Crippen LogP contribution < -0.4 is 10.6 Å². The van der Waals surface area contributed by atoms with Crippen LogP contribution in [0.5, 0.6) is 0 Å². The van der Waals surface area contributed by atoms with Crippen molar-refractivity contribution >= 4 is 17.3 Å². The van der Waals surface area contributed by atoms with Crippen molar-refractivity contribution in [3.8, 4) is 11.3 Å². The van der Waals surface area contributed by atoms with E-state index in [9.17, 15) is 4.79 Å². The number of fused-ring (bicyclic) bond motifs is 1. The largest absolute Gasteiger partial charge is 0.395 e. The molecule has 0 aliphatic carbocycles. The van der Waals surface area contributed by atoms with Gasteiger partial charge in [-0.15, -0.1) is 0 Å². The Labute approximate surface area is 117 Å². The number of nitrogens with zero attached hydrogens (tertiary/aromatic N) is 3. The highest BCUT2D eigenvalue weighted by Crippen LogP contribution is 2.33. The summed E-state index contributed by atoms with van der Waals surface area (Å²) in [6.45, 7) is 3.72. The summed E-state index contributed by atoms with van der Waals surface area (Å²) in [5.74, 6) is 0.806. The second-order valence-corrected chi connectivity index (χ2v) is 5.09. The van der Waals surface area contributed by atoms with Crippen LogP contribution in [0.4, 0.5) is 11.4 Å². The number of nitrogens with two attached hydrogens (primary N) is 1. The van der Waals surface area contributed by atoms with Crippen LogP contribution in [0.1, 0.15) is 17.1 Å². The van der Waals surface area contributed by atoms with Crippen LogP contribution in [0.25, 0.3) is 11.3 Å². The summed E-state index contributed by atoms with van der Waals surface area (Å²) in [4.78, 5) is 22.1. The minimum atomic E-state index is 0.111. The van der Waals surface area contributed by atoms with E-state index in [0.29, 0.717) is 17.9 Å². The second-order valence-electron chi connectivity index (χ2n) is 5.09. The molecular formula is C15H16N4O. The third-order valence-corrected chi connectivity index (χ3v) is 3.68. The molecule has 0 saturated heterocycles. The lowest BCUT2D eigenvalue weighted by Crippen LogP contribution is -2.20. The Hall–Kier alpha value is -2.43. The number of hydrogen-bond donors (Lipinski definition) is 1. The molecule has 102 valence electrons. The molecule has 2 aromatic rings. The van der Waals surface area contributed by atoms with E-state index < -0.39 is 0 Å². The number of aryl methyl sites for hydroxylation is 2. The molecular weight excluding hydrogens is 252 g/mol. The second kappa shape index (κ2) is 4.30. The van der Waals surface area contributed by atoms with Crippen molar-refractivity contribution in [3.05, 3.63) is 35.3 Å². The molecule has 1 aliphatic rings. The summed E-state index contributed by atoms with van der Waals surface area (Å²) >= 11 is 0. The van der Waals surface area contributed by atoms with Crippen molar-refractivity contribution in [2.24, 2.45) is 0 Å². The Kier molecular flexibility index (Phi) is 2.71. The van der Waals surface area contributed by atoms with Gasteiger partial charge in [0.15, 0.2) is 0 Å². The molecule has 1 aromatic carbocycles. The number of carbonyl (C=O) groups excluding carboxylic acids is 1. The maximum atomic E-state index is 11.7. The van der Waals surface area contributed by atoms with Crippen molar-refractivity contribution in [1.29, 1.82) is 0 Å². The minimum absolute atomic E-state index is 0.111. The topological polar surface area (TPSA) is 72.1 Å². The van der Waals surface area contributed by atoms with Gasteiger partial charge in [-0.05, 0) is 31.5 Å². The fraction of sp³-hybridized carbons (Fsp3) is 0.267. The molecule has 1 aromatic heterocycles. The van der Waals surface area contributed by atoms with E-state index in [1.807, 2.05) is 32.0 Å². The van der Waals surface area contributed by atoms with Crippen molar-refractivity contribution in [2.45, 2.75) is 20.3 Å². The van der Waals surface area contributed by atoms with Crippen LogP contribution in [0.15, 0.2) is 18.2 Å². The maximum absolute atomic E-state index is 11.7. The molecule has 5 nitrogen and oxygen atoms in total. The highest BCUT2D eigenvalue weighted by Gasteiger charge is 2.24. The van der Waals surface area contributed by atoms with Gasteiger partial charge in [0, 0.05) is 18.3 Å². The summed E-state index contributed by atoms with van der Waals surface area (Å²) in [6, 6.07) is 5.89. The lowest BCUT2D eigenvalue weighted by molar-refractivity contribution is -0.117. The summed E-state index contributed by atoms with van der Waals surface area (Å²) in [5, 5.41) is 0. The number of rotatable bonds is 1. The van der Waals surface area contributed by atoms with Gasteiger partial charge in [-0.25, -0.2) is 9.97 Å². The van der Waals surface area contributed by atoms with E-state index in [4.69, 9.17) is 5.73 Å². The third-order valence-electron chi connectivity index (χ3n) is 3.68. The molecule has 0 unspecified atom stereocenters. The molecule has 0 radical (unpaired) electrons. The highest BCUT2D eigenvalue weighted by atomic mass is 16.2. The van der Waals surface area contributed by atoms with Crippen LogP contribution in [-0.2, 0) is 11.2 Å². The first-order valence-corrected chi connectivity index (χ1v) is 6.48. The van der Waals surface area contributed by atoms with Crippen LogP contribution in [0.3, 0.4) is 0 Å². The molecule has 1 amide bonds. The van der Waals surface area contributed by atoms with Crippen LogP contribution >= 0.6 is 0 Å². The maximum Gasteiger partial charge on any atom is 0.231 e. The molecule has 20 heavy (non-hydrogen) atoms. The van der Waals surface area contributed by atoms with E-state index in [1.54, 1.807) is 11.9 Å². The third kappa shape index (κ3) is 1.82. The van der Waals surface area contributed by atoms with E-state index in [0.717, 1.165) is 28.2 Å². The monoisotopic (exact) mass is 268 g/mol. The molecule has 2 N–H and O–H groups in total. The van der Waals surface area contributed by atoms with Crippen LogP contribution in [-0.4, -0.2) is 22.9 Å². The van der Waals surface area contributed by atoms with Gasteiger partial charge >= 0.3 is 0 Å². The number of carbonyl (C=O) groups is 1. The van der Waals surface area contributed by atoms with Crippen LogP contribution in [0.2, 0.25) is 0 Å². The standard InChI is InChI=1S/C15H16N4O/c1-8-14(16)15(18-9(2)17-8)10-4-5-12-11(6-10)7-13(20)19(12)3/h4-6H,7,16H2,1-3H3. The molecule has 0 saturated carbocycles. The number of anilines is 2. The quantitative estimate of drug-likeness (QED) is 0.857. The van der Waals surface area contributed by atoms with Gasteiger partial charge in [-0.3, -0.25) is 4.79 Å². The smallest absolute Gasteiger partial charge is 0.231 e. The van der Waals surface area contributed by atoms with Crippen molar-refractivity contribution in [2.75, 3.05) is 17.7 Å². The van der Waals surface area contributed by atoms with E-state index >= 15 is 0 Å². The Bertz CT molecular complexity index is 724. The Morgan fingerprint density at radius 3 is 2.75 bits per heavy atom. The van der Waals surface area contributed by atoms with Gasteiger partial charge in [0.25, 0.3) is 0 Å². The molecule has 5 heteroatoms. The van der Waals surface area contributed by atoms with Crippen molar-refractivity contribution in [1.82, 2.24) is 9.97 Å². The number of benzene rings is 1. The average Bonchev–Trinajstić information content (AvgIpc) is 2.69. The van der Waals surface area contributed by atoms with Crippen LogP contribution in [0, 0.1) is 13.8 Å². The number of hydrogen-bond acceptors (Lipinski definition) is 4. The molecule has 0 bridgehead atoms. The average molecular weight is 268 g/mol. The molecule has 1 aliphatic heterocycles. The van der Waals surface area contributed by atoms with Gasteiger partial charge in [-0.1, -0.05) is 6.07 Å². The zero-order valence-corrected chi connectivity index (χ0v) is 11.8. The SMILES string of the molecule is Cc1nc(C)c(N)c(-c2ccc3c(c2)CC(=O)N3C)n1. The molecule has 0 fully saturated rings. The van der Waals surface area contributed by atoms with E-state index in [2.05, 4.69) is 9.97 Å². The summed E-state index contributed by atoms with van der Waals surface area (Å²) < 4.78 is 0. The van der Waals surface area contributed by atoms with Crippen molar-refractivity contribution in [3.63, 3.8) is 0 Å². The fourth-order valence-corrected chi connectivity index (χ4v) is 2.56. The van der Waals surface area contributed by atoms with Gasteiger partial charge in [0.05, 0.1) is 23.5 Å². The first-order chi connectivity index (χ1) is 9.47. The Balaban J connectivity index is 2.14. The van der Waals surface area contributed by atoms with Gasteiger partial charge < -0.3 is 10.6 Å². The fourth-order valence-electron chi connectivity index (χ4n) is 2.56. The summed E-state index contributed by atoms with van der Waals surface area (Å²) in [5.41, 5.74) is 11.1. The van der Waals surface area contributed by atoms with Gasteiger partial charge in [0.1, 0.15) is 5.82 Å². The molecule has 0 atom stereocenters. The number of nitrogen functional groups attached to an aromatic ring is 1. The number of amides is 1. The zero-order chi connectivity index (χ0) is 14.4. The predicted octanol–water partition coefficient (Wildman–Crippen LogP) is 1.86. The van der Waals surface area contributed by atoms with Gasteiger partial charge in [-0.2, -0.15) is 0 Å². The van der Waals surface area contributed by atoms with Crippen molar-refractivity contribution < 1.29 is 4.79 Å². The minimum Gasteiger partial charge on any atom is -0.395 e. The predicted molar refractivity (Wildman–Crippen MR) is 78.5 cm³/mol. The lowest BCUT2D eigenvalue weighted by Gasteiger charge is -2.12. The number of aromatic nitrogens is 2. The van der Waals surface area contributed by atoms with Gasteiger partial charge in [0.2, 0.25) is 5.91 Å². The van der Waals surface area contributed by atoms with E-state index in [1.165, 1.54) is 0 Å². The molecule has 0 spiro atoms. The summed E-state index contributed by atoms with van der Waals surface area (Å²) in [6.07, 6.45) is 0.433. The first kappa shape index (κ1) is 12.6. The zero-order valence-electron chi connectivity index (χ0n) is 11.8. The number of likely N-dealkylation sites (N-methyl/N-ethyl adjacent to an activating group) is 1. The Morgan fingerprint density at radius 1 is 1.25 bits per heavy atom. The normalized spacial score (nSPS) is 13.8. The summed E-state index contributed by atoms with van der Waals surface area (Å²) in [7, 11) is 1.79. The first-order valence-electron chi connectivity index (χ1n) is 6.48. The van der Waals surface area contributed by atoms with E-state index in [-0.39, 0.29) is 5.91 Å². The molecule has 2 heterocycles.